The first kappa shape index (κ1) is 15.5. The van der Waals surface area contributed by atoms with Gasteiger partial charge in [0.25, 0.3) is 0 Å². The molecule has 1 rings (SSSR count). The van der Waals surface area contributed by atoms with Crippen LogP contribution in [0, 0.1) is 0 Å². The molecule has 2 atom stereocenters. The molecule has 0 aliphatic carbocycles. The lowest BCUT2D eigenvalue weighted by molar-refractivity contribution is 0.0145. The number of hydrogen-bond acceptors (Lipinski definition) is 2. The normalized spacial score (nSPS) is 14.8. The van der Waals surface area contributed by atoms with E-state index in [1.54, 1.807) is 6.92 Å². The van der Waals surface area contributed by atoms with Crippen LogP contribution in [0.4, 0.5) is 4.79 Å². The van der Waals surface area contributed by atoms with Crippen LogP contribution in [0.25, 0.3) is 0 Å². The van der Waals surface area contributed by atoms with Crippen LogP contribution in [0.2, 0.25) is 0 Å². The first-order valence-corrected chi connectivity index (χ1v) is 6.47. The average molecular weight is 265 g/mol. The van der Waals surface area contributed by atoms with Crippen LogP contribution < -0.4 is 0 Å². The summed E-state index contributed by atoms with van der Waals surface area (Å²) in [7, 11) is 0. The standard InChI is InChI=1S/C15H23NO3/c1-11(17)13(10-12-8-6-5-7-9-12)16(14(18)19)15(2,3)4/h5-9,11,13,17H,10H2,1-4H3,(H,18,19)/t11-,13?/m0/s1. The van der Waals surface area contributed by atoms with Crippen molar-refractivity contribution in [2.24, 2.45) is 0 Å². The van der Waals surface area contributed by atoms with E-state index in [1.165, 1.54) is 4.90 Å². The molecule has 1 amide bonds. The summed E-state index contributed by atoms with van der Waals surface area (Å²) in [5.41, 5.74) is 0.464. The summed E-state index contributed by atoms with van der Waals surface area (Å²) in [5.74, 6) is 0. The van der Waals surface area contributed by atoms with Gasteiger partial charge in [0.15, 0.2) is 0 Å². The van der Waals surface area contributed by atoms with Crippen LogP contribution >= 0.6 is 0 Å². The van der Waals surface area contributed by atoms with Gasteiger partial charge in [-0.2, -0.15) is 0 Å². The minimum Gasteiger partial charge on any atom is -0.465 e. The Balaban J connectivity index is 3.02. The third kappa shape index (κ3) is 4.24. The number of hydrogen-bond donors (Lipinski definition) is 2. The van der Waals surface area contributed by atoms with Gasteiger partial charge in [-0.15, -0.1) is 0 Å². The summed E-state index contributed by atoms with van der Waals surface area (Å²) in [4.78, 5) is 12.8. The van der Waals surface area contributed by atoms with Crippen molar-refractivity contribution in [3.8, 4) is 0 Å². The van der Waals surface area contributed by atoms with Crippen molar-refractivity contribution >= 4 is 6.09 Å². The average Bonchev–Trinajstić information content (AvgIpc) is 2.27. The van der Waals surface area contributed by atoms with Gasteiger partial charge in [-0.3, -0.25) is 4.90 Å². The van der Waals surface area contributed by atoms with E-state index in [1.807, 2.05) is 51.1 Å². The van der Waals surface area contributed by atoms with Gasteiger partial charge < -0.3 is 10.2 Å². The van der Waals surface area contributed by atoms with Gasteiger partial charge in [-0.1, -0.05) is 30.3 Å². The molecule has 0 bridgehead atoms. The highest BCUT2D eigenvalue weighted by atomic mass is 16.4. The Morgan fingerprint density at radius 1 is 1.26 bits per heavy atom. The zero-order chi connectivity index (χ0) is 14.6. The smallest absolute Gasteiger partial charge is 0.408 e. The van der Waals surface area contributed by atoms with Crippen LogP contribution in [-0.2, 0) is 6.42 Å². The maximum absolute atomic E-state index is 11.5. The molecule has 1 aromatic rings. The zero-order valence-corrected chi connectivity index (χ0v) is 12.0. The van der Waals surface area contributed by atoms with Crippen molar-refractivity contribution in [2.75, 3.05) is 0 Å². The number of benzene rings is 1. The van der Waals surface area contributed by atoms with Crippen molar-refractivity contribution in [1.29, 1.82) is 0 Å². The van der Waals surface area contributed by atoms with Gasteiger partial charge in [0.1, 0.15) is 0 Å². The van der Waals surface area contributed by atoms with E-state index >= 15 is 0 Å². The van der Waals surface area contributed by atoms with E-state index in [0.717, 1.165) is 5.56 Å². The number of amides is 1. The van der Waals surface area contributed by atoms with Crippen molar-refractivity contribution in [3.63, 3.8) is 0 Å². The second-order valence-electron chi connectivity index (χ2n) is 5.82. The molecule has 4 heteroatoms. The zero-order valence-electron chi connectivity index (χ0n) is 12.0. The molecule has 0 radical (unpaired) electrons. The molecule has 1 aromatic carbocycles. The molecular weight excluding hydrogens is 242 g/mol. The highest BCUT2D eigenvalue weighted by Crippen LogP contribution is 2.22. The van der Waals surface area contributed by atoms with E-state index in [-0.39, 0.29) is 0 Å². The molecule has 0 aromatic heterocycles. The third-order valence-electron chi connectivity index (χ3n) is 3.10. The fourth-order valence-electron chi connectivity index (χ4n) is 2.26. The topological polar surface area (TPSA) is 60.8 Å². The van der Waals surface area contributed by atoms with E-state index in [0.29, 0.717) is 6.42 Å². The van der Waals surface area contributed by atoms with Gasteiger partial charge in [-0.25, -0.2) is 4.79 Å². The van der Waals surface area contributed by atoms with Gasteiger partial charge in [-0.05, 0) is 39.7 Å². The van der Waals surface area contributed by atoms with Gasteiger partial charge in [0.05, 0.1) is 12.1 Å². The molecule has 0 spiro atoms. The predicted molar refractivity (Wildman–Crippen MR) is 75.2 cm³/mol. The maximum atomic E-state index is 11.5. The lowest BCUT2D eigenvalue weighted by atomic mass is 9.95. The highest BCUT2D eigenvalue weighted by molar-refractivity contribution is 5.66. The molecule has 0 saturated heterocycles. The maximum Gasteiger partial charge on any atom is 0.408 e. The molecule has 0 saturated carbocycles. The first-order valence-electron chi connectivity index (χ1n) is 6.47. The molecule has 2 N–H and O–H groups in total. The first-order chi connectivity index (χ1) is 8.73. The largest absolute Gasteiger partial charge is 0.465 e. The quantitative estimate of drug-likeness (QED) is 0.880. The molecule has 0 aliphatic heterocycles. The van der Waals surface area contributed by atoms with Crippen LogP contribution in [0.3, 0.4) is 0 Å². The summed E-state index contributed by atoms with van der Waals surface area (Å²) in [6.07, 6.45) is -1.23. The summed E-state index contributed by atoms with van der Waals surface area (Å²) in [6.45, 7) is 7.14. The lowest BCUT2D eigenvalue weighted by Gasteiger charge is -2.41. The summed E-state index contributed by atoms with van der Waals surface area (Å²) in [5, 5.41) is 19.4. The van der Waals surface area contributed by atoms with E-state index in [9.17, 15) is 15.0 Å². The van der Waals surface area contributed by atoms with Crippen LogP contribution in [0.1, 0.15) is 33.3 Å². The van der Waals surface area contributed by atoms with Crippen LogP contribution in [0.5, 0.6) is 0 Å². The summed E-state index contributed by atoms with van der Waals surface area (Å²) < 4.78 is 0. The second kappa shape index (κ2) is 6.06. The Kier molecular flexibility index (Phi) is 4.95. The Morgan fingerprint density at radius 3 is 2.16 bits per heavy atom. The molecule has 4 nitrogen and oxygen atoms in total. The van der Waals surface area contributed by atoms with Crippen molar-refractivity contribution in [2.45, 2.75) is 51.8 Å². The van der Waals surface area contributed by atoms with Crippen molar-refractivity contribution < 1.29 is 15.0 Å². The SMILES string of the molecule is C[C@H](O)C(Cc1ccccc1)N(C(=O)O)C(C)(C)C. The second-order valence-corrected chi connectivity index (χ2v) is 5.82. The van der Waals surface area contributed by atoms with E-state index in [2.05, 4.69) is 0 Å². The third-order valence-corrected chi connectivity index (χ3v) is 3.10. The molecule has 0 heterocycles. The number of nitrogens with zero attached hydrogens (tertiary/aromatic N) is 1. The summed E-state index contributed by atoms with van der Waals surface area (Å²) in [6, 6.07) is 9.17. The van der Waals surface area contributed by atoms with E-state index in [4.69, 9.17) is 0 Å². The fourth-order valence-corrected chi connectivity index (χ4v) is 2.26. The van der Waals surface area contributed by atoms with Gasteiger partial charge in [0, 0.05) is 5.54 Å². The number of aliphatic hydroxyl groups is 1. The molecule has 0 aliphatic rings. The number of carboxylic acid groups (broad SMARTS) is 1. The number of carbonyl (C=O) groups is 1. The monoisotopic (exact) mass is 265 g/mol. The predicted octanol–water partition coefficient (Wildman–Crippen LogP) is 2.76. The van der Waals surface area contributed by atoms with Gasteiger partial charge in [0.2, 0.25) is 0 Å². The van der Waals surface area contributed by atoms with E-state index < -0.39 is 23.8 Å². The Bertz CT molecular complexity index is 409. The number of aliphatic hydroxyl groups excluding tert-OH is 1. The van der Waals surface area contributed by atoms with Crippen LogP contribution in [-0.4, -0.2) is 38.9 Å². The fraction of sp³-hybridized carbons (Fsp3) is 0.533. The molecule has 19 heavy (non-hydrogen) atoms. The molecular formula is C15H23NO3. The Morgan fingerprint density at radius 2 is 1.79 bits per heavy atom. The minimum atomic E-state index is -1.01. The minimum absolute atomic E-state index is 0.458. The summed E-state index contributed by atoms with van der Waals surface area (Å²) >= 11 is 0. The Labute approximate surface area is 114 Å². The van der Waals surface area contributed by atoms with Crippen molar-refractivity contribution in [1.82, 2.24) is 4.90 Å². The van der Waals surface area contributed by atoms with Crippen LogP contribution in [0.15, 0.2) is 30.3 Å². The van der Waals surface area contributed by atoms with Crippen molar-refractivity contribution in [3.05, 3.63) is 35.9 Å². The molecule has 106 valence electrons. The lowest BCUT2D eigenvalue weighted by Crippen LogP contribution is -2.55. The highest BCUT2D eigenvalue weighted by Gasteiger charge is 2.35. The number of rotatable bonds is 4. The molecule has 1 unspecified atom stereocenters. The Hall–Kier alpha value is -1.55. The molecule has 0 fully saturated rings. The van der Waals surface area contributed by atoms with Gasteiger partial charge >= 0.3 is 6.09 Å².